The quantitative estimate of drug-likeness (QED) is 0.454. The summed E-state index contributed by atoms with van der Waals surface area (Å²) < 4.78 is 0. The molecule has 0 aliphatic heterocycles. The highest BCUT2D eigenvalue weighted by Gasteiger charge is 1.85. The molecule has 1 heteroatoms. The maximum absolute atomic E-state index is 10.7. The van der Waals surface area contributed by atoms with Crippen molar-refractivity contribution in [3.63, 3.8) is 0 Å². The van der Waals surface area contributed by atoms with Crippen molar-refractivity contribution in [3.05, 3.63) is 12.2 Å². The molecule has 13 heavy (non-hydrogen) atoms. The Kier molecular flexibility index (Phi) is 6.99. The van der Waals surface area contributed by atoms with E-state index in [2.05, 4.69) is 35.5 Å². The van der Waals surface area contributed by atoms with Crippen LogP contribution < -0.4 is 0 Å². The SMILES string of the molecule is CC#CC#CC#C/C=C/C(=O)CC. The number of hydrogen-bond donors (Lipinski definition) is 0. The number of rotatable bonds is 2. The van der Waals surface area contributed by atoms with E-state index in [-0.39, 0.29) is 5.78 Å². The van der Waals surface area contributed by atoms with Crippen LogP contribution >= 0.6 is 0 Å². The maximum Gasteiger partial charge on any atom is 0.156 e. The lowest BCUT2D eigenvalue weighted by Crippen LogP contribution is -1.85. The third-order valence-corrected chi connectivity index (χ3v) is 1.09. The zero-order chi connectivity index (χ0) is 9.94. The monoisotopic (exact) mass is 170 g/mol. The topological polar surface area (TPSA) is 17.1 Å². The van der Waals surface area contributed by atoms with Gasteiger partial charge in [0.05, 0.1) is 0 Å². The van der Waals surface area contributed by atoms with Crippen LogP contribution in [0, 0.1) is 35.5 Å². The normalized spacial score (nSPS) is 7.23. The third kappa shape index (κ3) is 7.99. The Labute approximate surface area is 79.2 Å². The Morgan fingerprint density at radius 1 is 1.23 bits per heavy atom. The molecule has 0 aromatic heterocycles. The first kappa shape index (κ1) is 11.1. The smallest absolute Gasteiger partial charge is 0.156 e. The molecule has 0 bridgehead atoms. The second-order valence-electron chi connectivity index (χ2n) is 2.05. The highest BCUT2D eigenvalue weighted by atomic mass is 16.1. The van der Waals surface area contributed by atoms with E-state index in [4.69, 9.17) is 0 Å². The molecule has 0 aliphatic carbocycles. The van der Waals surface area contributed by atoms with Gasteiger partial charge in [-0.3, -0.25) is 4.79 Å². The van der Waals surface area contributed by atoms with Gasteiger partial charge in [-0.2, -0.15) is 0 Å². The van der Waals surface area contributed by atoms with Crippen molar-refractivity contribution in [1.29, 1.82) is 0 Å². The lowest BCUT2D eigenvalue weighted by molar-refractivity contribution is -0.114. The van der Waals surface area contributed by atoms with E-state index in [9.17, 15) is 4.79 Å². The predicted octanol–water partition coefficient (Wildman–Crippen LogP) is 1.55. The molecule has 0 radical (unpaired) electrons. The first-order valence-corrected chi connectivity index (χ1v) is 3.93. The summed E-state index contributed by atoms with van der Waals surface area (Å²) in [6.45, 7) is 3.51. The van der Waals surface area contributed by atoms with Gasteiger partial charge in [0.25, 0.3) is 0 Å². The fourth-order valence-corrected chi connectivity index (χ4v) is 0.455. The maximum atomic E-state index is 10.7. The second-order valence-corrected chi connectivity index (χ2v) is 2.05. The number of hydrogen-bond acceptors (Lipinski definition) is 1. The Morgan fingerprint density at radius 2 is 1.92 bits per heavy atom. The molecule has 0 aromatic carbocycles. The predicted molar refractivity (Wildman–Crippen MR) is 53.4 cm³/mol. The summed E-state index contributed by atoms with van der Waals surface area (Å²) in [5.74, 6) is 15.5. The average Bonchev–Trinajstić information content (AvgIpc) is 2.16. The van der Waals surface area contributed by atoms with Crippen molar-refractivity contribution in [1.82, 2.24) is 0 Å². The van der Waals surface area contributed by atoms with Gasteiger partial charge in [-0.15, -0.1) is 0 Å². The Morgan fingerprint density at radius 3 is 2.54 bits per heavy atom. The van der Waals surface area contributed by atoms with Gasteiger partial charge >= 0.3 is 0 Å². The van der Waals surface area contributed by atoms with Gasteiger partial charge in [-0.1, -0.05) is 18.8 Å². The molecule has 0 amide bonds. The Balaban J connectivity index is 4.00. The van der Waals surface area contributed by atoms with Crippen LogP contribution in [0.2, 0.25) is 0 Å². The molecular weight excluding hydrogens is 160 g/mol. The molecule has 0 aromatic rings. The zero-order valence-corrected chi connectivity index (χ0v) is 7.77. The van der Waals surface area contributed by atoms with E-state index in [0.717, 1.165) is 0 Å². The second kappa shape index (κ2) is 8.19. The molecule has 0 spiro atoms. The molecule has 0 saturated carbocycles. The van der Waals surface area contributed by atoms with Crippen molar-refractivity contribution in [2.75, 3.05) is 0 Å². The van der Waals surface area contributed by atoms with Gasteiger partial charge in [-0.25, -0.2) is 0 Å². The van der Waals surface area contributed by atoms with E-state index in [0.29, 0.717) is 6.42 Å². The van der Waals surface area contributed by atoms with Crippen LogP contribution in [-0.2, 0) is 4.79 Å². The summed E-state index contributed by atoms with van der Waals surface area (Å²) in [6, 6.07) is 0. The summed E-state index contributed by atoms with van der Waals surface area (Å²) in [5.41, 5.74) is 0. The molecule has 0 rings (SSSR count). The molecule has 64 valence electrons. The molecule has 0 fully saturated rings. The van der Waals surface area contributed by atoms with Gasteiger partial charge in [0.2, 0.25) is 0 Å². The van der Waals surface area contributed by atoms with Crippen molar-refractivity contribution in [2.24, 2.45) is 0 Å². The fraction of sp³-hybridized carbons (Fsp3) is 0.250. The molecule has 0 atom stereocenters. The van der Waals surface area contributed by atoms with Gasteiger partial charge in [-0.05, 0) is 42.8 Å². The van der Waals surface area contributed by atoms with Crippen molar-refractivity contribution < 1.29 is 4.79 Å². The fourth-order valence-electron chi connectivity index (χ4n) is 0.455. The van der Waals surface area contributed by atoms with Crippen molar-refractivity contribution in [3.8, 4) is 35.5 Å². The van der Waals surface area contributed by atoms with Gasteiger partial charge in [0.1, 0.15) is 0 Å². The lowest BCUT2D eigenvalue weighted by Gasteiger charge is -1.78. The average molecular weight is 170 g/mol. The molecule has 1 nitrogen and oxygen atoms in total. The van der Waals surface area contributed by atoms with E-state index in [1.807, 2.05) is 0 Å². The number of ketones is 1. The highest BCUT2D eigenvalue weighted by molar-refractivity contribution is 5.89. The molecule has 0 saturated heterocycles. The third-order valence-electron chi connectivity index (χ3n) is 1.09. The summed E-state index contributed by atoms with van der Waals surface area (Å²) in [4.78, 5) is 10.7. The van der Waals surface area contributed by atoms with Gasteiger partial charge in [0, 0.05) is 6.42 Å². The first-order chi connectivity index (χ1) is 6.31. The zero-order valence-electron chi connectivity index (χ0n) is 7.77. The van der Waals surface area contributed by atoms with Crippen LogP contribution in [-0.4, -0.2) is 5.78 Å². The minimum Gasteiger partial charge on any atom is -0.295 e. The number of carbonyl (C=O) groups excluding carboxylic acids is 1. The van der Waals surface area contributed by atoms with Crippen molar-refractivity contribution >= 4 is 5.78 Å². The van der Waals surface area contributed by atoms with Crippen LogP contribution in [0.1, 0.15) is 20.3 Å². The van der Waals surface area contributed by atoms with Gasteiger partial charge < -0.3 is 0 Å². The largest absolute Gasteiger partial charge is 0.295 e. The van der Waals surface area contributed by atoms with E-state index in [1.54, 1.807) is 13.8 Å². The summed E-state index contributed by atoms with van der Waals surface area (Å²) in [6.07, 6.45) is 3.45. The molecule has 0 aliphatic rings. The van der Waals surface area contributed by atoms with E-state index in [1.165, 1.54) is 12.2 Å². The Bertz CT molecular complexity index is 367. The molecule has 0 heterocycles. The summed E-state index contributed by atoms with van der Waals surface area (Å²) in [7, 11) is 0. The molecule has 0 unspecified atom stereocenters. The van der Waals surface area contributed by atoms with Crippen LogP contribution in [0.3, 0.4) is 0 Å². The van der Waals surface area contributed by atoms with E-state index < -0.39 is 0 Å². The minimum absolute atomic E-state index is 0.0654. The number of carbonyl (C=O) groups is 1. The van der Waals surface area contributed by atoms with Crippen LogP contribution in [0.5, 0.6) is 0 Å². The molecule has 0 N–H and O–H groups in total. The minimum atomic E-state index is 0.0654. The van der Waals surface area contributed by atoms with Crippen LogP contribution in [0.15, 0.2) is 12.2 Å². The van der Waals surface area contributed by atoms with Crippen LogP contribution in [0.25, 0.3) is 0 Å². The van der Waals surface area contributed by atoms with E-state index >= 15 is 0 Å². The Hall–Kier alpha value is -1.91. The lowest BCUT2D eigenvalue weighted by atomic mass is 10.3. The first-order valence-electron chi connectivity index (χ1n) is 3.93. The highest BCUT2D eigenvalue weighted by Crippen LogP contribution is 1.81. The molecular formula is C12H10O. The number of allylic oxidation sites excluding steroid dienone is 2. The summed E-state index contributed by atoms with van der Waals surface area (Å²) >= 11 is 0. The summed E-state index contributed by atoms with van der Waals surface area (Å²) in [5, 5.41) is 0. The van der Waals surface area contributed by atoms with Gasteiger partial charge in [0.15, 0.2) is 5.78 Å². The van der Waals surface area contributed by atoms with Crippen LogP contribution in [0.4, 0.5) is 0 Å². The standard InChI is InChI=1S/C12H10O/c1-3-5-6-7-8-9-10-11-12(13)4-2/h10-11H,4H2,1-2H3/b11-10+. The van der Waals surface area contributed by atoms with Crippen molar-refractivity contribution in [2.45, 2.75) is 20.3 Å².